The largest absolute Gasteiger partial charge is 0.347 e. The van der Waals surface area contributed by atoms with Crippen LogP contribution in [0.1, 0.15) is 23.2 Å². The van der Waals surface area contributed by atoms with Gasteiger partial charge in [-0.15, -0.1) is 0 Å². The summed E-state index contributed by atoms with van der Waals surface area (Å²) in [6, 6.07) is 7.07. The predicted molar refractivity (Wildman–Crippen MR) is 67.7 cm³/mol. The van der Waals surface area contributed by atoms with Crippen LogP contribution in [0.25, 0.3) is 10.9 Å². The summed E-state index contributed by atoms with van der Waals surface area (Å²) in [6.07, 6.45) is 3.28. The van der Waals surface area contributed by atoms with Crippen LogP contribution in [0, 0.1) is 6.92 Å². The fourth-order valence-electron chi connectivity index (χ4n) is 2.91. The molecule has 1 aliphatic rings. The summed E-state index contributed by atoms with van der Waals surface area (Å²) >= 11 is 0. The molecule has 1 aliphatic carbocycles. The first kappa shape index (κ1) is 9.91. The van der Waals surface area contributed by atoms with Gasteiger partial charge in [-0.2, -0.15) is 0 Å². The highest BCUT2D eigenvalue weighted by Gasteiger charge is 2.21. The second kappa shape index (κ2) is 3.36. The Morgan fingerprint density at radius 1 is 1.38 bits per heavy atom. The highest BCUT2D eigenvalue weighted by molar-refractivity contribution is 5.86. The molecule has 0 fully saturated rings. The maximum absolute atomic E-state index is 6.07. The van der Waals surface area contributed by atoms with Crippen LogP contribution in [0.5, 0.6) is 0 Å². The highest BCUT2D eigenvalue weighted by Crippen LogP contribution is 2.31. The summed E-state index contributed by atoms with van der Waals surface area (Å²) in [5.74, 6) is 0. The molecule has 1 atom stereocenters. The van der Waals surface area contributed by atoms with E-state index in [1.54, 1.807) is 0 Å². The molecule has 0 radical (unpaired) electrons. The maximum Gasteiger partial charge on any atom is 0.0485 e. The normalized spacial score (nSPS) is 20.1. The van der Waals surface area contributed by atoms with Crippen LogP contribution in [0.3, 0.4) is 0 Å². The van der Waals surface area contributed by atoms with Crippen LogP contribution in [0.15, 0.2) is 18.2 Å². The molecule has 1 aromatic carbocycles. The van der Waals surface area contributed by atoms with Crippen molar-refractivity contribution in [1.82, 2.24) is 4.57 Å². The predicted octanol–water partition coefficient (Wildman–Crippen LogP) is 2.30. The summed E-state index contributed by atoms with van der Waals surface area (Å²) in [7, 11) is 2.18. The molecule has 84 valence electrons. The number of hydrogen-bond donors (Lipinski definition) is 1. The van der Waals surface area contributed by atoms with Crippen molar-refractivity contribution >= 4 is 10.9 Å². The van der Waals surface area contributed by atoms with Gasteiger partial charge in [0, 0.05) is 29.7 Å². The minimum Gasteiger partial charge on any atom is -0.347 e. The molecular weight excluding hydrogens is 196 g/mol. The lowest BCUT2D eigenvalue weighted by atomic mass is 9.92. The number of benzene rings is 1. The van der Waals surface area contributed by atoms with Gasteiger partial charge < -0.3 is 10.3 Å². The lowest BCUT2D eigenvalue weighted by Crippen LogP contribution is -2.28. The molecule has 1 aromatic heterocycles. The number of nitrogens with two attached hydrogens (primary N) is 1. The van der Waals surface area contributed by atoms with Crippen molar-refractivity contribution in [3.63, 3.8) is 0 Å². The molecule has 0 aliphatic heterocycles. The van der Waals surface area contributed by atoms with Crippen molar-refractivity contribution in [2.24, 2.45) is 12.8 Å². The molecule has 16 heavy (non-hydrogen) atoms. The zero-order valence-electron chi connectivity index (χ0n) is 9.96. The Morgan fingerprint density at radius 3 is 3.00 bits per heavy atom. The molecule has 0 bridgehead atoms. The Balaban J connectivity index is 2.32. The van der Waals surface area contributed by atoms with Crippen LogP contribution in [0.2, 0.25) is 0 Å². The van der Waals surface area contributed by atoms with Crippen molar-refractivity contribution in [3.8, 4) is 0 Å². The smallest absolute Gasteiger partial charge is 0.0485 e. The molecule has 0 amide bonds. The third-order valence-electron chi connectivity index (χ3n) is 3.81. The Morgan fingerprint density at radius 2 is 2.19 bits per heavy atom. The molecule has 2 aromatic rings. The Labute approximate surface area is 96.1 Å². The first-order valence-electron chi connectivity index (χ1n) is 5.99. The van der Waals surface area contributed by atoms with E-state index >= 15 is 0 Å². The molecule has 1 heterocycles. The third-order valence-corrected chi connectivity index (χ3v) is 3.81. The minimum absolute atomic E-state index is 0.347. The Kier molecular flexibility index (Phi) is 2.08. The van der Waals surface area contributed by atoms with Crippen LogP contribution in [-0.4, -0.2) is 10.6 Å². The quantitative estimate of drug-likeness (QED) is 0.716. The van der Waals surface area contributed by atoms with E-state index in [2.05, 4.69) is 36.7 Å². The standard InChI is InChI=1S/C14H18N2/c1-9-3-5-11-12-8-10(15)4-6-13(12)16(2)14(11)7-9/h3,5,7,10H,4,6,8,15H2,1-2H3. The zero-order valence-corrected chi connectivity index (χ0v) is 9.96. The average Bonchev–Trinajstić information content (AvgIpc) is 2.52. The van der Waals surface area contributed by atoms with Gasteiger partial charge in [-0.05, 0) is 43.4 Å². The number of nitrogens with zero attached hydrogens (tertiary/aromatic N) is 1. The fraction of sp³-hybridized carbons (Fsp3) is 0.429. The van der Waals surface area contributed by atoms with Crippen LogP contribution in [-0.2, 0) is 19.9 Å². The lowest BCUT2D eigenvalue weighted by molar-refractivity contribution is 0.562. The third kappa shape index (κ3) is 1.30. The van der Waals surface area contributed by atoms with Gasteiger partial charge in [0.15, 0.2) is 0 Å². The molecule has 0 saturated heterocycles. The number of hydrogen-bond acceptors (Lipinski definition) is 1. The highest BCUT2D eigenvalue weighted by atomic mass is 15.0. The molecule has 0 spiro atoms. The van der Waals surface area contributed by atoms with Crippen molar-refractivity contribution in [2.45, 2.75) is 32.2 Å². The van der Waals surface area contributed by atoms with Gasteiger partial charge in [0.05, 0.1) is 0 Å². The van der Waals surface area contributed by atoms with Crippen molar-refractivity contribution in [3.05, 3.63) is 35.0 Å². The maximum atomic E-state index is 6.07. The van der Waals surface area contributed by atoms with Crippen LogP contribution in [0.4, 0.5) is 0 Å². The summed E-state index contributed by atoms with van der Waals surface area (Å²) in [4.78, 5) is 0. The summed E-state index contributed by atoms with van der Waals surface area (Å²) < 4.78 is 2.35. The van der Waals surface area contributed by atoms with E-state index < -0.39 is 0 Å². The summed E-state index contributed by atoms with van der Waals surface area (Å²) in [5.41, 5.74) is 11.7. The zero-order chi connectivity index (χ0) is 11.3. The number of rotatable bonds is 0. The summed E-state index contributed by atoms with van der Waals surface area (Å²) in [5, 5.41) is 1.40. The first-order valence-corrected chi connectivity index (χ1v) is 5.99. The van der Waals surface area contributed by atoms with Crippen molar-refractivity contribution in [1.29, 1.82) is 0 Å². The lowest BCUT2D eigenvalue weighted by Gasteiger charge is -2.19. The second-order valence-corrected chi connectivity index (χ2v) is 5.01. The van der Waals surface area contributed by atoms with E-state index in [0.29, 0.717) is 6.04 Å². The molecule has 3 rings (SSSR count). The monoisotopic (exact) mass is 214 g/mol. The van der Waals surface area contributed by atoms with Gasteiger partial charge in [-0.3, -0.25) is 0 Å². The van der Waals surface area contributed by atoms with Crippen molar-refractivity contribution in [2.75, 3.05) is 0 Å². The topological polar surface area (TPSA) is 30.9 Å². The van der Waals surface area contributed by atoms with Gasteiger partial charge in [0.1, 0.15) is 0 Å². The van der Waals surface area contributed by atoms with E-state index in [-0.39, 0.29) is 0 Å². The minimum atomic E-state index is 0.347. The Bertz CT molecular complexity index is 551. The van der Waals surface area contributed by atoms with Crippen LogP contribution < -0.4 is 5.73 Å². The van der Waals surface area contributed by atoms with Crippen LogP contribution >= 0.6 is 0 Å². The molecular formula is C14H18N2. The van der Waals surface area contributed by atoms with Crippen molar-refractivity contribution < 1.29 is 0 Å². The van der Waals surface area contributed by atoms with Gasteiger partial charge in [-0.1, -0.05) is 12.1 Å². The molecule has 2 heteroatoms. The molecule has 2 nitrogen and oxygen atoms in total. The average molecular weight is 214 g/mol. The second-order valence-electron chi connectivity index (χ2n) is 5.01. The van der Waals surface area contributed by atoms with Gasteiger partial charge in [0.2, 0.25) is 0 Å². The molecule has 2 N–H and O–H groups in total. The van der Waals surface area contributed by atoms with E-state index in [0.717, 1.165) is 19.3 Å². The first-order chi connectivity index (χ1) is 7.66. The summed E-state index contributed by atoms with van der Waals surface area (Å²) in [6.45, 7) is 2.15. The van der Waals surface area contributed by atoms with E-state index in [4.69, 9.17) is 5.73 Å². The van der Waals surface area contributed by atoms with E-state index in [1.165, 1.54) is 27.7 Å². The van der Waals surface area contributed by atoms with E-state index in [9.17, 15) is 0 Å². The number of aromatic nitrogens is 1. The number of aryl methyl sites for hydroxylation is 2. The van der Waals surface area contributed by atoms with Gasteiger partial charge in [-0.25, -0.2) is 0 Å². The van der Waals surface area contributed by atoms with E-state index in [1.807, 2.05) is 0 Å². The SMILES string of the molecule is Cc1ccc2c3c(n(C)c2c1)CCC(N)C3. The Hall–Kier alpha value is -1.28. The van der Waals surface area contributed by atoms with Gasteiger partial charge >= 0.3 is 0 Å². The molecule has 1 unspecified atom stereocenters. The van der Waals surface area contributed by atoms with Gasteiger partial charge in [0.25, 0.3) is 0 Å². The number of fused-ring (bicyclic) bond motifs is 3. The fourth-order valence-corrected chi connectivity index (χ4v) is 2.91. The molecule has 0 saturated carbocycles.